The van der Waals surface area contributed by atoms with Crippen LogP contribution in [-0.2, 0) is 34.2 Å². The van der Waals surface area contributed by atoms with Crippen molar-refractivity contribution in [3.63, 3.8) is 0 Å². The highest BCUT2D eigenvalue weighted by molar-refractivity contribution is 7.89. The molecule has 0 saturated carbocycles. The zero-order valence-electron chi connectivity index (χ0n) is 18.4. The van der Waals surface area contributed by atoms with Crippen molar-refractivity contribution in [2.45, 2.75) is 50.5 Å². The van der Waals surface area contributed by atoms with Crippen molar-refractivity contribution in [1.82, 2.24) is 8.87 Å². The third kappa shape index (κ3) is 3.84. The maximum absolute atomic E-state index is 13.1. The summed E-state index contributed by atoms with van der Waals surface area (Å²) in [4.78, 5) is 13.2. The molecule has 5 rings (SSSR count). The van der Waals surface area contributed by atoms with E-state index in [1.807, 2.05) is 36.5 Å². The van der Waals surface area contributed by atoms with Gasteiger partial charge in [0, 0.05) is 48.3 Å². The molecule has 0 bridgehead atoms. The SMILES string of the molecule is CCn1ccc2cc(NC(=O)C3CCN(S(=O)(=O)c4ccc5c(c4)CCC5)CC3)ccc21. The fraction of sp³-hybridized carbons (Fsp3) is 0.400. The van der Waals surface area contributed by atoms with Crippen molar-refractivity contribution in [2.75, 3.05) is 18.4 Å². The number of carbonyl (C=O) groups is 1. The molecule has 1 aliphatic heterocycles. The molecule has 0 unspecified atom stereocenters. The van der Waals surface area contributed by atoms with Crippen LogP contribution in [0.1, 0.15) is 37.3 Å². The Bertz CT molecular complexity index is 1270. The van der Waals surface area contributed by atoms with Crippen molar-refractivity contribution in [2.24, 2.45) is 5.92 Å². The Kier molecular flexibility index (Phi) is 5.55. The van der Waals surface area contributed by atoms with Crippen LogP contribution in [0, 0.1) is 5.92 Å². The molecule has 1 amide bonds. The molecule has 2 aromatic carbocycles. The highest BCUT2D eigenvalue weighted by Crippen LogP contribution is 2.29. The molecule has 0 atom stereocenters. The van der Waals surface area contributed by atoms with Gasteiger partial charge in [-0.25, -0.2) is 8.42 Å². The van der Waals surface area contributed by atoms with Crippen LogP contribution in [-0.4, -0.2) is 36.3 Å². The van der Waals surface area contributed by atoms with Crippen LogP contribution < -0.4 is 5.32 Å². The molecule has 0 spiro atoms. The average Bonchev–Trinajstić information content (AvgIpc) is 3.44. The minimum Gasteiger partial charge on any atom is -0.348 e. The first-order valence-corrected chi connectivity index (χ1v) is 12.9. The number of hydrogen-bond acceptors (Lipinski definition) is 3. The Hall–Kier alpha value is -2.64. The topological polar surface area (TPSA) is 71.4 Å². The summed E-state index contributed by atoms with van der Waals surface area (Å²) in [5.41, 5.74) is 4.36. The summed E-state index contributed by atoms with van der Waals surface area (Å²) in [6.45, 7) is 3.75. The molecule has 1 fully saturated rings. The zero-order valence-corrected chi connectivity index (χ0v) is 19.2. The third-order valence-corrected chi connectivity index (χ3v) is 8.81. The second-order valence-electron chi connectivity index (χ2n) is 8.83. The number of benzene rings is 2. The number of aromatic nitrogens is 1. The first kappa shape index (κ1) is 21.2. The standard InChI is InChI=1S/C25H29N3O3S/c1-2-27-13-10-21-16-22(7-9-24(21)27)26-25(29)19-11-14-28(15-12-19)32(30,31)23-8-6-18-4-3-5-20(18)17-23/h6-10,13,16-17,19H,2-5,11-12,14-15H2,1H3,(H,26,29). The lowest BCUT2D eigenvalue weighted by Crippen LogP contribution is -2.41. The van der Waals surface area contributed by atoms with E-state index in [1.54, 1.807) is 6.07 Å². The van der Waals surface area contributed by atoms with Gasteiger partial charge >= 0.3 is 0 Å². The normalized spacial score (nSPS) is 17.5. The molecule has 0 radical (unpaired) electrons. The summed E-state index contributed by atoms with van der Waals surface area (Å²) in [5, 5.41) is 4.13. The maximum Gasteiger partial charge on any atom is 0.243 e. The van der Waals surface area contributed by atoms with E-state index in [0.29, 0.717) is 30.8 Å². The second kappa shape index (κ2) is 8.37. The van der Waals surface area contributed by atoms with Crippen LogP contribution in [0.25, 0.3) is 10.9 Å². The van der Waals surface area contributed by atoms with Gasteiger partial charge in [-0.3, -0.25) is 4.79 Å². The van der Waals surface area contributed by atoms with Gasteiger partial charge in [0.15, 0.2) is 0 Å². The fourth-order valence-electron chi connectivity index (χ4n) is 5.01. The lowest BCUT2D eigenvalue weighted by Gasteiger charge is -2.30. The Morgan fingerprint density at radius 1 is 1.03 bits per heavy atom. The Labute approximate surface area is 189 Å². The summed E-state index contributed by atoms with van der Waals surface area (Å²) < 4.78 is 30.0. The quantitative estimate of drug-likeness (QED) is 0.632. The molecule has 3 aromatic rings. The van der Waals surface area contributed by atoms with E-state index in [9.17, 15) is 13.2 Å². The number of nitrogens with one attached hydrogen (secondary N) is 1. The molecular formula is C25H29N3O3S. The van der Waals surface area contributed by atoms with Gasteiger partial charge < -0.3 is 9.88 Å². The molecule has 168 valence electrons. The smallest absolute Gasteiger partial charge is 0.243 e. The Balaban J connectivity index is 1.23. The molecule has 1 saturated heterocycles. The van der Waals surface area contributed by atoms with Crippen molar-refractivity contribution in [3.8, 4) is 0 Å². The summed E-state index contributed by atoms with van der Waals surface area (Å²) in [5.74, 6) is -0.216. The van der Waals surface area contributed by atoms with Crippen LogP contribution >= 0.6 is 0 Å². The molecule has 1 N–H and O–H groups in total. The van der Waals surface area contributed by atoms with Crippen molar-refractivity contribution in [3.05, 3.63) is 59.8 Å². The van der Waals surface area contributed by atoms with Gasteiger partial charge in [0.25, 0.3) is 0 Å². The van der Waals surface area contributed by atoms with Crippen LogP contribution in [0.2, 0.25) is 0 Å². The number of sulfonamides is 1. The van der Waals surface area contributed by atoms with E-state index in [1.165, 1.54) is 9.87 Å². The summed E-state index contributed by atoms with van der Waals surface area (Å²) in [6, 6.07) is 13.5. The predicted octanol–water partition coefficient (Wildman–Crippen LogP) is 4.19. The van der Waals surface area contributed by atoms with Gasteiger partial charge in [-0.05, 0) is 86.6 Å². The van der Waals surface area contributed by atoms with Gasteiger partial charge in [-0.1, -0.05) is 6.07 Å². The fourth-order valence-corrected chi connectivity index (χ4v) is 6.53. The molecule has 7 heteroatoms. The molecule has 1 aromatic heterocycles. The van der Waals surface area contributed by atoms with E-state index >= 15 is 0 Å². The Morgan fingerprint density at radius 3 is 2.59 bits per heavy atom. The van der Waals surface area contributed by atoms with Gasteiger partial charge in [0.2, 0.25) is 15.9 Å². The van der Waals surface area contributed by atoms with Crippen molar-refractivity contribution >= 4 is 32.5 Å². The second-order valence-corrected chi connectivity index (χ2v) is 10.8. The largest absolute Gasteiger partial charge is 0.348 e. The number of anilines is 1. The minimum absolute atomic E-state index is 0.0335. The van der Waals surface area contributed by atoms with E-state index < -0.39 is 10.0 Å². The number of carbonyl (C=O) groups excluding carboxylic acids is 1. The number of nitrogens with zero attached hydrogens (tertiary/aromatic N) is 2. The van der Waals surface area contributed by atoms with Gasteiger partial charge in [0.1, 0.15) is 0 Å². The molecule has 6 nitrogen and oxygen atoms in total. The monoisotopic (exact) mass is 451 g/mol. The average molecular weight is 452 g/mol. The van der Waals surface area contributed by atoms with Crippen LogP contribution in [0.3, 0.4) is 0 Å². The zero-order chi connectivity index (χ0) is 22.3. The minimum atomic E-state index is -3.52. The number of rotatable bonds is 5. The lowest BCUT2D eigenvalue weighted by atomic mass is 9.97. The van der Waals surface area contributed by atoms with E-state index in [2.05, 4.69) is 22.9 Å². The summed E-state index contributed by atoms with van der Waals surface area (Å²) >= 11 is 0. The number of fused-ring (bicyclic) bond motifs is 2. The van der Waals surface area contributed by atoms with E-state index in [-0.39, 0.29) is 11.8 Å². The van der Waals surface area contributed by atoms with Crippen LogP contribution in [0.4, 0.5) is 5.69 Å². The molecule has 1 aliphatic carbocycles. The summed E-state index contributed by atoms with van der Waals surface area (Å²) in [6.07, 6.45) is 6.20. The molecule has 32 heavy (non-hydrogen) atoms. The van der Waals surface area contributed by atoms with Gasteiger partial charge in [0.05, 0.1) is 4.90 Å². The molecule has 2 heterocycles. The number of hydrogen-bond donors (Lipinski definition) is 1. The number of amides is 1. The highest BCUT2D eigenvalue weighted by atomic mass is 32.2. The molecular weight excluding hydrogens is 422 g/mol. The molecule has 2 aliphatic rings. The number of aryl methyl sites for hydroxylation is 3. The first-order chi connectivity index (χ1) is 15.5. The highest BCUT2D eigenvalue weighted by Gasteiger charge is 2.32. The third-order valence-electron chi connectivity index (χ3n) is 6.91. The summed E-state index contributed by atoms with van der Waals surface area (Å²) in [7, 11) is -3.52. The lowest BCUT2D eigenvalue weighted by molar-refractivity contribution is -0.120. The Morgan fingerprint density at radius 2 is 1.81 bits per heavy atom. The van der Waals surface area contributed by atoms with E-state index in [0.717, 1.165) is 48.0 Å². The number of piperidine rings is 1. The van der Waals surface area contributed by atoms with Gasteiger partial charge in [-0.2, -0.15) is 4.31 Å². The van der Waals surface area contributed by atoms with Crippen LogP contribution in [0.5, 0.6) is 0 Å². The van der Waals surface area contributed by atoms with Gasteiger partial charge in [-0.15, -0.1) is 0 Å². The van der Waals surface area contributed by atoms with Crippen molar-refractivity contribution < 1.29 is 13.2 Å². The first-order valence-electron chi connectivity index (χ1n) is 11.5. The predicted molar refractivity (Wildman–Crippen MR) is 126 cm³/mol. The maximum atomic E-state index is 13.1. The van der Waals surface area contributed by atoms with E-state index in [4.69, 9.17) is 0 Å². The van der Waals surface area contributed by atoms with Crippen molar-refractivity contribution in [1.29, 1.82) is 0 Å². The van der Waals surface area contributed by atoms with Crippen LogP contribution in [0.15, 0.2) is 53.6 Å².